The lowest BCUT2D eigenvalue weighted by molar-refractivity contribution is -0.141. The van der Waals surface area contributed by atoms with Crippen LogP contribution in [-0.2, 0) is 19.2 Å². The lowest BCUT2D eigenvalue weighted by Gasteiger charge is -2.24. The molecule has 0 amide bonds. The highest BCUT2D eigenvalue weighted by Gasteiger charge is 2.39. The molecule has 0 heterocycles. The van der Waals surface area contributed by atoms with Crippen molar-refractivity contribution in [3.63, 3.8) is 0 Å². The number of Topliss-reactive ketones (excluding diaryl/α,β-unsaturated/α-hetero) is 2. The molecule has 0 spiro atoms. The first-order valence-corrected chi connectivity index (χ1v) is 5.93. The quantitative estimate of drug-likeness (QED) is 0.613. The van der Waals surface area contributed by atoms with Gasteiger partial charge in [0.1, 0.15) is 11.6 Å². The topological polar surface area (TPSA) is 68.3 Å². The van der Waals surface area contributed by atoms with E-state index in [4.69, 9.17) is 0 Å². The minimum absolute atomic E-state index is 0.00211. The van der Waals surface area contributed by atoms with Gasteiger partial charge in [-0.2, -0.15) is 0 Å². The molecule has 98 valence electrons. The first kappa shape index (κ1) is 14.5. The van der Waals surface area contributed by atoms with Gasteiger partial charge < -0.3 is 0 Å². The maximum Gasteiger partial charge on any atom is 0.168 e. The molecule has 0 aromatic heterocycles. The Hall–Kier alpha value is -1.58. The van der Waals surface area contributed by atoms with Crippen molar-refractivity contribution < 1.29 is 19.2 Å². The molecule has 0 atom stereocenters. The normalized spacial score (nSPS) is 26.0. The van der Waals surface area contributed by atoms with Crippen LogP contribution in [0.4, 0.5) is 0 Å². The summed E-state index contributed by atoms with van der Waals surface area (Å²) in [6, 6.07) is 0. The Balaban J connectivity index is 3.21. The zero-order valence-electron chi connectivity index (χ0n) is 11.2. The second kappa shape index (κ2) is 4.59. The molecule has 4 nitrogen and oxygen atoms in total. The van der Waals surface area contributed by atoms with Gasteiger partial charge in [-0.1, -0.05) is 0 Å². The molecular formula is C14H18O4. The summed E-state index contributed by atoms with van der Waals surface area (Å²) >= 11 is 0. The standard InChI is InChI=1S/C14H18O4/c1-13(2)9(15)5-7-11(17)14(3,4)12(18)8-6-10(13)16/h5,7H,6,8H2,1-4H3/b7-5+. The van der Waals surface area contributed by atoms with Gasteiger partial charge in [0.15, 0.2) is 11.6 Å². The molecule has 0 saturated heterocycles. The number of allylic oxidation sites excluding steroid dienone is 2. The molecule has 0 N–H and O–H groups in total. The molecule has 1 aliphatic carbocycles. The van der Waals surface area contributed by atoms with Crippen LogP contribution in [0.25, 0.3) is 0 Å². The van der Waals surface area contributed by atoms with Gasteiger partial charge in [-0.25, -0.2) is 0 Å². The third kappa shape index (κ3) is 2.47. The average molecular weight is 250 g/mol. The molecule has 1 aliphatic rings. The van der Waals surface area contributed by atoms with Crippen LogP contribution in [0.2, 0.25) is 0 Å². The second-order valence-electron chi connectivity index (χ2n) is 5.66. The van der Waals surface area contributed by atoms with E-state index in [1.165, 1.54) is 27.7 Å². The molecule has 18 heavy (non-hydrogen) atoms. The summed E-state index contributed by atoms with van der Waals surface area (Å²) in [6.07, 6.45) is 2.23. The molecule has 0 bridgehead atoms. The third-order valence-electron chi connectivity index (χ3n) is 3.59. The van der Waals surface area contributed by atoms with Crippen LogP contribution in [0.15, 0.2) is 12.2 Å². The summed E-state index contributed by atoms with van der Waals surface area (Å²) in [5, 5.41) is 0. The molecule has 1 rings (SSSR count). The van der Waals surface area contributed by atoms with Gasteiger partial charge in [0, 0.05) is 12.8 Å². The second-order valence-corrected chi connectivity index (χ2v) is 5.66. The van der Waals surface area contributed by atoms with Gasteiger partial charge >= 0.3 is 0 Å². The summed E-state index contributed by atoms with van der Waals surface area (Å²) in [5.74, 6) is -1.33. The number of ketones is 4. The van der Waals surface area contributed by atoms with E-state index in [1.807, 2.05) is 0 Å². The van der Waals surface area contributed by atoms with E-state index in [-0.39, 0.29) is 24.4 Å². The number of hydrogen-bond donors (Lipinski definition) is 0. The fourth-order valence-electron chi connectivity index (χ4n) is 1.69. The van der Waals surface area contributed by atoms with Crippen molar-refractivity contribution in [3.8, 4) is 0 Å². The Morgan fingerprint density at radius 3 is 1.28 bits per heavy atom. The lowest BCUT2D eigenvalue weighted by atomic mass is 9.75. The largest absolute Gasteiger partial charge is 0.299 e. The van der Waals surface area contributed by atoms with E-state index in [9.17, 15) is 19.2 Å². The Kier molecular flexibility index (Phi) is 3.70. The first-order valence-electron chi connectivity index (χ1n) is 5.93. The van der Waals surface area contributed by atoms with Crippen LogP contribution in [0.3, 0.4) is 0 Å². The zero-order chi connectivity index (χ0) is 14.1. The maximum absolute atomic E-state index is 11.9. The SMILES string of the molecule is CC1(C)C(=O)/C=C/C(=O)C(C)(C)C(=O)CCC1=O. The van der Waals surface area contributed by atoms with Crippen molar-refractivity contribution in [2.24, 2.45) is 10.8 Å². The molecule has 0 saturated carbocycles. The molecule has 0 radical (unpaired) electrons. The van der Waals surface area contributed by atoms with Gasteiger partial charge in [0.2, 0.25) is 0 Å². The summed E-state index contributed by atoms with van der Waals surface area (Å²) < 4.78 is 0. The molecule has 0 unspecified atom stereocenters. The fourth-order valence-corrected chi connectivity index (χ4v) is 1.69. The minimum atomic E-state index is -1.17. The van der Waals surface area contributed by atoms with Crippen molar-refractivity contribution in [3.05, 3.63) is 12.2 Å². The molecular weight excluding hydrogens is 232 g/mol. The van der Waals surface area contributed by atoms with E-state index in [1.54, 1.807) is 0 Å². The third-order valence-corrected chi connectivity index (χ3v) is 3.59. The monoisotopic (exact) mass is 250 g/mol. The van der Waals surface area contributed by atoms with Crippen LogP contribution in [-0.4, -0.2) is 23.1 Å². The van der Waals surface area contributed by atoms with Gasteiger partial charge in [0.25, 0.3) is 0 Å². The Labute approximate surface area is 106 Å². The van der Waals surface area contributed by atoms with Crippen molar-refractivity contribution in [2.75, 3.05) is 0 Å². The summed E-state index contributed by atoms with van der Waals surface area (Å²) in [4.78, 5) is 47.5. The van der Waals surface area contributed by atoms with Crippen LogP contribution >= 0.6 is 0 Å². The van der Waals surface area contributed by atoms with Crippen LogP contribution in [0.1, 0.15) is 40.5 Å². The van der Waals surface area contributed by atoms with E-state index in [2.05, 4.69) is 0 Å². The molecule has 0 aromatic rings. The Morgan fingerprint density at radius 1 is 0.722 bits per heavy atom. The fraction of sp³-hybridized carbons (Fsp3) is 0.571. The lowest BCUT2D eigenvalue weighted by Crippen LogP contribution is -2.37. The van der Waals surface area contributed by atoms with Crippen molar-refractivity contribution >= 4 is 23.1 Å². The minimum Gasteiger partial charge on any atom is -0.299 e. The summed E-state index contributed by atoms with van der Waals surface area (Å²) in [6.45, 7) is 6.07. The number of hydrogen-bond acceptors (Lipinski definition) is 4. The predicted molar refractivity (Wildman–Crippen MR) is 66.0 cm³/mol. The summed E-state index contributed by atoms with van der Waals surface area (Å²) in [5.41, 5.74) is -2.34. The molecule has 0 aromatic carbocycles. The zero-order valence-corrected chi connectivity index (χ0v) is 11.2. The molecule has 0 aliphatic heterocycles. The highest BCUT2D eigenvalue weighted by Crippen LogP contribution is 2.27. The first-order chi connectivity index (χ1) is 8.10. The highest BCUT2D eigenvalue weighted by molar-refractivity contribution is 6.18. The van der Waals surface area contributed by atoms with Gasteiger partial charge in [-0.15, -0.1) is 0 Å². The van der Waals surface area contributed by atoms with Crippen LogP contribution in [0.5, 0.6) is 0 Å². The van der Waals surface area contributed by atoms with E-state index in [0.29, 0.717) is 0 Å². The van der Waals surface area contributed by atoms with Crippen molar-refractivity contribution in [2.45, 2.75) is 40.5 Å². The van der Waals surface area contributed by atoms with Crippen molar-refractivity contribution in [1.29, 1.82) is 0 Å². The molecule has 4 heteroatoms. The predicted octanol–water partition coefficient (Wildman–Crippen LogP) is 1.67. The van der Waals surface area contributed by atoms with Gasteiger partial charge in [-0.3, -0.25) is 19.2 Å². The summed E-state index contributed by atoms with van der Waals surface area (Å²) in [7, 11) is 0. The van der Waals surface area contributed by atoms with Crippen LogP contribution in [0, 0.1) is 10.8 Å². The molecule has 0 fully saturated rings. The number of rotatable bonds is 0. The van der Waals surface area contributed by atoms with Gasteiger partial charge in [0.05, 0.1) is 10.8 Å². The van der Waals surface area contributed by atoms with E-state index >= 15 is 0 Å². The van der Waals surface area contributed by atoms with E-state index in [0.717, 1.165) is 12.2 Å². The smallest absolute Gasteiger partial charge is 0.168 e. The Morgan fingerprint density at radius 2 is 1.00 bits per heavy atom. The van der Waals surface area contributed by atoms with Gasteiger partial charge in [-0.05, 0) is 39.8 Å². The number of carbonyl (C=O) groups excluding carboxylic acids is 4. The highest BCUT2D eigenvalue weighted by atomic mass is 16.2. The number of carbonyl (C=O) groups is 4. The van der Waals surface area contributed by atoms with E-state index < -0.39 is 22.4 Å². The average Bonchev–Trinajstić information content (AvgIpc) is 2.30. The van der Waals surface area contributed by atoms with Crippen LogP contribution < -0.4 is 0 Å². The van der Waals surface area contributed by atoms with Crippen molar-refractivity contribution in [1.82, 2.24) is 0 Å². The maximum atomic E-state index is 11.9. The Bertz CT molecular complexity index is 410.